The Balaban J connectivity index is 1.84. The van der Waals surface area contributed by atoms with Crippen molar-refractivity contribution in [1.82, 2.24) is 9.97 Å². The third-order valence-electron chi connectivity index (χ3n) is 2.67. The number of hydrogen-bond acceptors (Lipinski definition) is 5. The third-order valence-corrected chi connectivity index (χ3v) is 4.74. The van der Waals surface area contributed by atoms with Gasteiger partial charge in [-0.15, -0.1) is 11.3 Å². The number of aliphatic hydroxyl groups excluding tert-OH is 1. The number of aliphatic hydroxyl groups is 1. The Bertz CT molecular complexity index is 659. The van der Waals surface area contributed by atoms with Gasteiger partial charge in [0.15, 0.2) is 4.34 Å². The average molecular weight is 288 g/mol. The Kier molecular flexibility index (Phi) is 3.50. The van der Waals surface area contributed by atoms with E-state index in [1.165, 1.54) is 4.70 Å². The second kappa shape index (κ2) is 5.28. The van der Waals surface area contributed by atoms with E-state index in [1.54, 1.807) is 36.2 Å². The van der Waals surface area contributed by atoms with Crippen LogP contribution >= 0.6 is 23.1 Å². The molecule has 0 aliphatic carbocycles. The lowest BCUT2D eigenvalue weighted by Crippen LogP contribution is -1.94. The quantitative estimate of drug-likeness (QED) is 0.794. The smallest absolute Gasteiger partial charge is 0.155 e. The largest absolute Gasteiger partial charge is 0.387 e. The molecule has 3 nitrogen and oxygen atoms in total. The van der Waals surface area contributed by atoms with Gasteiger partial charge in [-0.1, -0.05) is 23.9 Å². The van der Waals surface area contributed by atoms with Crippen LogP contribution in [0.3, 0.4) is 0 Å². The second-order valence-electron chi connectivity index (χ2n) is 4.14. The van der Waals surface area contributed by atoms with Gasteiger partial charge < -0.3 is 5.11 Å². The van der Waals surface area contributed by atoms with E-state index in [1.807, 2.05) is 30.3 Å². The number of hydrogen-bond donors (Lipinski definition) is 1. The van der Waals surface area contributed by atoms with Crippen LogP contribution < -0.4 is 0 Å². The SMILES string of the molecule is C[C@H](O)c1ccc(Sc2nc3ccccc3s2)cn1. The zero-order valence-electron chi connectivity index (χ0n) is 10.3. The van der Waals surface area contributed by atoms with Gasteiger partial charge in [0.25, 0.3) is 0 Å². The molecule has 1 atom stereocenters. The molecule has 1 aromatic carbocycles. The van der Waals surface area contributed by atoms with E-state index >= 15 is 0 Å². The van der Waals surface area contributed by atoms with Crippen LogP contribution in [0.1, 0.15) is 18.7 Å². The summed E-state index contributed by atoms with van der Waals surface area (Å²) in [5, 5.41) is 9.42. The standard InChI is InChI=1S/C14H12N2OS2/c1-9(17)11-7-6-10(8-15-11)18-14-16-12-4-2-3-5-13(12)19-14/h2-9,17H,1H3/t9-/m0/s1. The number of nitrogens with zero attached hydrogens (tertiary/aromatic N) is 2. The van der Waals surface area contributed by atoms with Crippen LogP contribution in [0.25, 0.3) is 10.2 Å². The molecule has 0 radical (unpaired) electrons. The van der Waals surface area contributed by atoms with Gasteiger partial charge in [0.2, 0.25) is 0 Å². The molecule has 0 bridgehead atoms. The molecule has 5 heteroatoms. The van der Waals surface area contributed by atoms with Crippen LogP contribution in [-0.2, 0) is 0 Å². The van der Waals surface area contributed by atoms with Gasteiger partial charge in [-0.05, 0) is 31.2 Å². The van der Waals surface area contributed by atoms with Crippen molar-refractivity contribution in [2.45, 2.75) is 22.3 Å². The fraction of sp³-hybridized carbons (Fsp3) is 0.143. The first kappa shape index (κ1) is 12.6. The normalized spacial score (nSPS) is 12.7. The topological polar surface area (TPSA) is 46.0 Å². The van der Waals surface area contributed by atoms with Crippen molar-refractivity contribution in [2.24, 2.45) is 0 Å². The second-order valence-corrected chi connectivity index (χ2v) is 6.50. The van der Waals surface area contributed by atoms with Crippen LogP contribution in [0.2, 0.25) is 0 Å². The summed E-state index contributed by atoms with van der Waals surface area (Å²) < 4.78 is 2.20. The van der Waals surface area contributed by atoms with Crippen molar-refractivity contribution in [3.63, 3.8) is 0 Å². The van der Waals surface area contributed by atoms with Crippen LogP contribution in [0.4, 0.5) is 0 Å². The number of pyridine rings is 1. The number of benzene rings is 1. The van der Waals surface area contributed by atoms with E-state index in [4.69, 9.17) is 0 Å². The van der Waals surface area contributed by atoms with Crippen LogP contribution in [0.15, 0.2) is 51.8 Å². The lowest BCUT2D eigenvalue weighted by molar-refractivity contribution is 0.194. The Labute approximate surface area is 119 Å². The summed E-state index contributed by atoms with van der Waals surface area (Å²) in [6, 6.07) is 11.9. The maximum Gasteiger partial charge on any atom is 0.155 e. The van der Waals surface area contributed by atoms with Crippen LogP contribution in [0, 0.1) is 0 Å². The molecule has 3 rings (SSSR count). The highest BCUT2D eigenvalue weighted by Gasteiger charge is 2.07. The van der Waals surface area contributed by atoms with E-state index in [-0.39, 0.29) is 0 Å². The predicted octanol–water partition coefficient (Wildman–Crippen LogP) is 3.90. The molecule has 0 unspecified atom stereocenters. The minimum atomic E-state index is -0.526. The lowest BCUT2D eigenvalue weighted by atomic mass is 10.2. The van der Waals surface area contributed by atoms with Gasteiger partial charge in [-0.3, -0.25) is 4.98 Å². The van der Waals surface area contributed by atoms with Crippen molar-refractivity contribution < 1.29 is 5.11 Å². The Morgan fingerprint density at radius 1 is 1.21 bits per heavy atom. The molecule has 0 fully saturated rings. The van der Waals surface area contributed by atoms with E-state index < -0.39 is 6.10 Å². The lowest BCUT2D eigenvalue weighted by Gasteiger charge is -2.03. The van der Waals surface area contributed by atoms with Gasteiger partial charge in [-0.25, -0.2) is 4.98 Å². The van der Waals surface area contributed by atoms with Gasteiger partial charge in [-0.2, -0.15) is 0 Å². The summed E-state index contributed by atoms with van der Waals surface area (Å²) in [6.07, 6.45) is 1.25. The number of thiazole rings is 1. The Morgan fingerprint density at radius 3 is 2.74 bits per heavy atom. The van der Waals surface area contributed by atoms with Gasteiger partial charge in [0, 0.05) is 11.1 Å². The van der Waals surface area contributed by atoms with Gasteiger partial charge >= 0.3 is 0 Å². The Hall–Kier alpha value is -1.43. The number of rotatable bonds is 3. The van der Waals surface area contributed by atoms with E-state index in [2.05, 4.69) is 16.0 Å². The molecule has 3 aromatic rings. The molecule has 2 heterocycles. The highest BCUT2D eigenvalue weighted by atomic mass is 32.2. The van der Waals surface area contributed by atoms with Crippen molar-refractivity contribution in [3.05, 3.63) is 48.3 Å². The van der Waals surface area contributed by atoms with Gasteiger partial charge in [0.1, 0.15) is 0 Å². The minimum absolute atomic E-state index is 0.526. The monoisotopic (exact) mass is 288 g/mol. The zero-order chi connectivity index (χ0) is 13.2. The first-order chi connectivity index (χ1) is 9.22. The summed E-state index contributed by atoms with van der Waals surface area (Å²) >= 11 is 3.27. The molecule has 2 aromatic heterocycles. The molecule has 96 valence electrons. The first-order valence-corrected chi connectivity index (χ1v) is 7.53. The molecule has 0 aliphatic heterocycles. The molecule has 0 aliphatic rings. The van der Waals surface area contributed by atoms with Crippen LogP contribution in [-0.4, -0.2) is 15.1 Å². The van der Waals surface area contributed by atoms with Crippen molar-refractivity contribution in [3.8, 4) is 0 Å². The molecule has 0 amide bonds. The summed E-state index contributed by atoms with van der Waals surface area (Å²) in [4.78, 5) is 9.84. The highest BCUT2D eigenvalue weighted by molar-refractivity contribution is 8.01. The van der Waals surface area contributed by atoms with Gasteiger partial charge in [0.05, 0.1) is 22.0 Å². The third kappa shape index (κ3) is 2.78. The van der Waals surface area contributed by atoms with E-state index in [0.29, 0.717) is 5.69 Å². The Morgan fingerprint density at radius 2 is 2.05 bits per heavy atom. The molecule has 0 spiro atoms. The molecular weight excluding hydrogens is 276 g/mol. The van der Waals surface area contributed by atoms with Crippen molar-refractivity contribution in [2.75, 3.05) is 0 Å². The maximum atomic E-state index is 9.42. The maximum absolute atomic E-state index is 9.42. The van der Waals surface area contributed by atoms with Crippen molar-refractivity contribution in [1.29, 1.82) is 0 Å². The minimum Gasteiger partial charge on any atom is -0.387 e. The fourth-order valence-electron chi connectivity index (χ4n) is 1.69. The number of para-hydroxylation sites is 1. The van der Waals surface area contributed by atoms with Crippen LogP contribution in [0.5, 0.6) is 0 Å². The fourth-order valence-corrected chi connectivity index (χ4v) is 3.70. The predicted molar refractivity (Wildman–Crippen MR) is 78.6 cm³/mol. The van der Waals surface area contributed by atoms with E-state index in [9.17, 15) is 5.11 Å². The molecule has 19 heavy (non-hydrogen) atoms. The number of aromatic nitrogens is 2. The number of fused-ring (bicyclic) bond motifs is 1. The molecular formula is C14H12N2OS2. The van der Waals surface area contributed by atoms with Crippen molar-refractivity contribution >= 4 is 33.3 Å². The first-order valence-electron chi connectivity index (χ1n) is 5.90. The molecule has 0 saturated carbocycles. The zero-order valence-corrected chi connectivity index (χ0v) is 11.9. The summed E-state index contributed by atoms with van der Waals surface area (Å²) in [5.74, 6) is 0. The summed E-state index contributed by atoms with van der Waals surface area (Å²) in [6.45, 7) is 1.71. The molecule has 0 saturated heterocycles. The van der Waals surface area contributed by atoms with E-state index in [0.717, 1.165) is 14.8 Å². The average Bonchev–Trinajstić information content (AvgIpc) is 2.81. The summed E-state index contributed by atoms with van der Waals surface area (Å²) in [7, 11) is 0. The molecule has 1 N–H and O–H groups in total. The highest BCUT2D eigenvalue weighted by Crippen LogP contribution is 2.34. The summed E-state index contributed by atoms with van der Waals surface area (Å²) in [5.41, 5.74) is 1.72.